The molecule has 0 radical (unpaired) electrons. The third kappa shape index (κ3) is 8.58. The Morgan fingerprint density at radius 2 is 1.96 bits per heavy atom. The zero-order valence-electron chi connectivity index (χ0n) is 15.3. The van der Waals surface area contributed by atoms with Gasteiger partial charge in [0, 0.05) is 19.6 Å². The molecule has 1 aliphatic heterocycles. The summed E-state index contributed by atoms with van der Waals surface area (Å²) in [5.74, 6) is 1.65. The number of unbranched alkanes of at least 4 members (excludes halogenated alkanes) is 2. The molecule has 2 N–H and O–H groups in total. The molecule has 0 bridgehead atoms. The van der Waals surface area contributed by atoms with Gasteiger partial charge in [-0.2, -0.15) is 0 Å². The molecule has 1 heterocycles. The largest absolute Gasteiger partial charge is 0.357 e. The quantitative estimate of drug-likeness (QED) is 0.383. The van der Waals surface area contributed by atoms with Crippen LogP contribution in [0.3, 0.4) is 0 Å². The Bertz CT molecular complexity index is 472. The van der Waals surface area contributed by atoms with Crippen molar-refractivity contribution in [3.63, 3.8) is 0 Å². The van der Waals surface area contributed by atoms with E-state index in [1.807, 2.05) is 6.92 Å². The Hall–Kier alpha value is -0.780. The summed E-state index contributed by atoms with van der Waals surface area (Å²) in [5.41, 5.74) is 0.203. The lowest BCUT2D eigenvalue weighted by Crippen LogP contribution is -2.40. The molecule has 0 spiro atoms. The first-order valence-electron chi connectivity index (χ1n) is 9.00. The highest BCUT2D eigenvalue weighted by Gasteiger charge is 2.27. The average Bonchev–Trinajstić information content (AvgIpc) is 2.81. The van der Waals surface area contributed by atoms with E-state index in [9.17, 15) is 8.42 Å². The molecule has 1 rings (SSSR count). The first-order chi connectivity index (χ1) is 10.8. The molecular weight excluding hydrogens is 310 g/mol. The van der Waals surface area contributed by atoms with Crippen LogP contribution in [0.5, 0.6) is 0 Å². The van der Waals surface area contributed by atoms with Crippen LogP contribution in [0.4, 0.5) is 0 Å². The Kier molecular flexibility index (Phi) is 8.37. The van der Waals surface area contributed by atoms with Crippen LogP contribution in [0.25, 0.3) is 0 Å². The molecule has 0 aliphatic carbocycles. The second-order valence-electron chi connectivity index (χ2n) is 7.47. The lowest BCUT2D eigenvalue weighted by atomic mass is 9.87. The number of nitrogens with one attached hydrogen (secondary N) is 2. The zero-order chi connectivity index (χ0) is 17.3. The van der Waals surface area contributed by atoms with Crippen molar-refractivity contribution in [3.05, 3.63) is 0 Å². The van der Waals surface area contributed by atoms with E-state index in [0.29, 0.717) is 18.1 Å². The molecule has 0 amide bonds. The van der Waals surface area contributed by atoms with Crippen LogP contribution >= 0.6 is 0 Å². The minimum Gasteiger partial charge on any atom is -0.357 e. The fraction of sp³-hybridized carbons (Fsp3) is 0.941. The summed E-state index contributed by atoms with van der Waals surface area (Å²) in [5, 5.41) is 6.57. The van der Waals surface area contributed by atoms with Gasteiger partial charge in [-0.1, -0.05) is 40.0 Å². The first-order valence-corrected chi connectivity index (χ1v) is 10.8. The van der Waals surface area contributed by atoms with Crippen molar-refractivity contribution in [1.29, 1.82) is 0 Å². The van der Waals surface area contributed by atoms with Gasteiger partial charge in [-0.15, -0.1) is 0 Å². The molecule has 1 aliphatic rings. The van der Waals surface area contributed by atoms with Crippen molar-refractivity contribution in [2.24, 2.45) is 16.3 Å². The topological polar surface area (TPSA) is 70.6 Å². The van der Waals surface area contributed by atoms with E-state index in [-0.39, 0.29) is 11.3 Å². The van der Waals surface area contributed by atoms with Gasteiger partial charge in [-0.05, 0) is 31.1 Å². The lowest BCUT2D eigenvalue weighted by Gasteiger charge is -2.23. The van der Waals surface area contributed by atoms with Gasteiger partial charge in [0.2, 0.25) is 0 Å². The number of aliphatic imine (C=N–C) groups is 1. The molecule has 6 heteroatoms. The molecule has 136 valence electrons. The molecule has 5 nitrogen and oxygen atoms in total. The molecule has 1 unspecified atom stereocenters. The molecule has 23 heavy (non-hydrogen) atoms. The molecule has 0 aromatic carbocycles. The minimum atomic E-state index is -2.80. The Balaban J connectivity index is 2.46. The van der Waals surface area contributed by atoms with E-state index in [2.05, 4.69) is 31.4 Å². The Morgan fingerprint density at radius 3 is 2.52 bits per heavy atom. The third-order valence-corrected chi connectivity index (χ3v) is 6.19. The van der Waals surface area contributed by atoms with Crippen LogP contribution in [0.2, 0.25) is 0 Å². The lowest BCUT2D eigenvalue weighted by molar-refractivity contribution is 0.332. The standard InChI is InChI=1S/C17H35N3O2S/c1-5-7-8-10-17(3,4)14-20-16(18-6-2)19-12-15-9-11-23(21,22)13-15/h15H,5-14H2,1-4H3,(H2,18,19,20). The second-order valence-corrected chi connectivity index (χ2v) is 9.70. The maximum atomic E-state index is 11.5. The van der Waals surface area contributed by atoms with E-state index in [4.69, 9.17) is 4.99 Å². The van der Waals surface area contributed by atoms with Gasteiger partial charge < -0.3 is 10.6 Å². The van der Waals surface area contributed by atoms with Gasteiger partial charge in [0.25, 0.3) is 0 Å². The van der Waals surface area contributed by atoms with Crippen LogP contribution in [0.15, 0.2) is 4.99 Å². The highest BCUT2D eigenvalue weighted by Crippen LogP contribution is 2.24. The predicted molar refractivity (Wildman–Crippen MR) is 98.7 cm³/mol. The number of hydrogen-bond donors (Lipinski definition) is 2. The number of rotatable bonds is 9. The maximum Gasteiger partial charge on any atom is 0.191 e. The van der Waals surface area contributed by atoms with Crippen molar-refractivity contribution in [2.75, 3.05) is 31.1 Å². The molecule has 1 fully saturated rings. The van der Waals surface area contributed by atoms with Crippen molar-refractivity contribution >= 4 is 15.8 Å². The summed E-state index contributed by atoms with van der Waals surface area (Å²) in [6.45, 7) is 11.1. The van der Waals surface area contributed by atoms with Crippen LogP contribution in [-0.2, 0) is 9.84 Å². The number of nitrogens with zero attached hydrogens (tertiary/aromatic N) is 1. The summed E-state index contributed by atoms with van der Waals surface area (Å²) >= 11 is 0. The summed E-state index contributed by atoms with van der Waals surface area (Å²) in [6, 6.07) is 0. The first kappa shape index (κ1) is 20.3. The molecule has 0 saturated carbocycles. The number of hydrogen-bond acceptors (Lipinski definition) is 3. The van der Waals surface area contributed by atoms with Crippen LogP contribution in [0.1, 0.15) is 59.8 Å². The Labute approximate surface area is 142 Å². The van der Waals surface area contributed by atoms with Crippen LogP contribution in [0, 0.1) is 11.3 Å². The van der Waals surface area contributed by atoms with Crippen LogP contribution in [-0.4, -0.2) is 45.5 Å². The van der Waals surface area contributed by atoms with Gasteiger partial charge in [0.1, 0.15) is 0 Å². The van der Waals surface area contributed by atoms with Gasteiger partial charge in [-0.3, -0.25) is 4.99 Å². The summed E-state index contributed by atoms with van der Waals surface area (Å²) in [4.78, 5) is 4.71. The smallest absolute Gasteiger partial charge is 0.191 e. The fourth-order valence-corrected chi connectivity index (χ4v) is 4.70. The summed E-state index contributed by atoms with van der Waals surface area (Å²) in [6.07, 6.45) is 5.72. The van der Waals surface area contributed by atoms with Gasteiger partial charge in [-0.25, -0.2) is 8.42 Å². The van der Waals surface area contributed by atoms with Crippen molar-refractivity contribution in [1.82, 2.24) is 10.6 Å². The molecule has 1 saturated heterocycles. The monoisotopic (exact) mass is 345 g/mol. The Morgan fingerprint density at radius 1 is 1.22 bits per heavy atom. The molecule has 1 atom stereocenters. The van der Waals surface area contributed by atoms with E-state index >= 15 is 0 Å². The van der Waals surface area contributed by atoms with E-state index in [1.54, 1.807) is 0 Å². The summed E-state index contributed by atoms with van der Waals surface area (Å²) in [7, 11) is -2.80. The molecule has 0 aromatic rings. The van der Waals surface area contributed by atoms with E-state index < -0.39 is 9.84 Å². The van der Waals surface area contributed by atoms with Crippen LogP contribution < -0.4 is 10.6 Å². The number of sulfone groups is 1. The predicted octanol–water partition coefficient (Wildman–Crippen LogP) is 2.58. The van der Waals surface area contributed by atoms with Crippen molar-refractivity contribution < 1.29 is 8.42 Å². The highest BCUT2D eigenvalue weighted by molar-refractivity contribution is 7.91. The van der Waals surface area contributed by atoms with Gasteiger partial charge in [0.05, 0.1) is 11.5 Å². The zero-order valence-corrected chi connectivity index (χ0v) is 16.1. The van der Waals surface area contributed by atoms with E-state index in [0.717, 1.165) is 25.5 Å². The van der Waals surface area contributed by atoms with E-state index in [1.165, 1.54) is 25.7 Å². The van der Waals surface area contributed by atoms with Gasteiger partial charge >= 0.3 is 0 Å². The molecular formula is C17H35N3O2S. The minimum absolute atomic E-state index is 0.203. The van der Waals surface area contributed by atoms with Crippen molar-refractivity contribution in [2.45, 2.75) is 59.8 Å². The third-order valence-electron chi connectivity index (χ3n) is 4.35. The highest BCUT2D eigenvalue weighted by atomic mass is 32.2. The average molecular weight is 346 g/mol. The molecule has 0 aromatic heterocycles. The second kappa shape index (κ2) is 9.50. The summed E-state index contributed by atoms with van der Waals surface area (Å²) < 4.78 is 23.0. The van der Waals surface area contributed by atoms with Crippen molar-refractivity contribution in [3.8, 4) is 0 Å². The normalized spacial score (nSPS) is 21.4. The van der Waals surface area contributed by atoms with Gasteiger partial charge in [0.15, 0.2) is 15.8 Å². The SMILES string of the molecule is CCCCCC(C)(C)CN=C(NCC)NCC1CCS(=O)(=O)C1. The maximum absolute atomic E-state index is 11.5. The number of guanidine groups is 1. The fourth-order valence-electron chi connectivity index (χ4n) is 2.84.